The summed E-state index contributed by atoms with van der Waals surface area (Å²) in [4.78, 5) is 11.3. The van der Waals surface area contributed by atoms with Crippen molar-refractivity contribution in [3.05, 3.63) is 24.3 Å². The van der Waals surface area contributed by atoms with E-state index >= 15 is 0 Å². The fourth-order valence-corrected chi connectivity index (χ4v) is 1.63. The first-order valence-corrected chi connectivity index (χ1v) is 6.35. The zero-order chi connectivity index (χ0) is 13.4. The van der Waals surface area contributed by atoms with E-state index in [1.54, 1.807) is 7.11 Å². The summed E-state index contributed by atoms with van der Waals surface area (Å²) in [5, 5.41) is 6.23. The number of carbonyl (C=O) groups is 1. The molecular weight excluding hydrogens is 228 g/mol. The Morgan fingerprint density at radius 2 is 2.06 bits per heavy atom. The van der Waals surface area contributed by atoms with Crippen molar-refractivity contribution < 1.29 is 9.53 Å². The number of benzene rings is 1. The van der Waals surface area contributed by atoms with Crippen molar-refractivity contribution in [2.75, 3.05) is 24.4 Å². The van der Waals surface area contributed by atoms with Gasteiger partial charge in [0, 0.05) is 30.9 Å². The summed E-state index contributed by atoms with van der Waals surface area (Å²) >= 11 is 0. The molecule has 1 aromatic rings. The average molecular weight is 250 g/mol. The maximum atomic E-state index is 11.3. The molecule has 0 radical (unpaired) electrons. The van der Waals surface area contributed by atoms with Crippen LogP contribution in [0.25, 0.3) is 0 Å². The van der Waals surface area contributed by atoms with Crippen LogP contribution in [0.2, 0.25) is 0 Å². The van der Waals surface area contributed by atoms with E-state index in [9.17, 15) is 4.79 Å². The van der Waals surface area contributed by atoms with Gasteiger partial charge in [-0.15, -0.1) is 0 Å². The first-order valence-electron chi connectivity index (χ1n) is 6.35. The van der Waals surface area contributed by atoms with Crippen molar-refractivity contribution in [2.45, 2.75) is 32.7 Å². The number of rotatable bonds is 7. The summed E-state index contributed by atoms with van der Waals surface area (Å²) in [6.45, 7) is 4.62. The molecule has 0 aliphatic carbocycles. The van der Waals surface area contributed by atoms with E-state index < -0.39 is 0 Å². The minimum absolute atomic E-state index is 0.0242. The fourth-order valence-electron chi connectivity index (χ4n) is 1.63. The van der Waals surface area contributed by atoms with Crippen LogP contribution in [-0.2, 0) is 9.53 Å². The van der Waals surface area contributed by atoms with Gasteiger partial charge in [-0.1, -0.05) is 19.9 Å². The molecule has 0 aliphatic rings. The lowest BCUT2D eigenvalue weighted by molar-refractivity contribution is -0.115. The summed E-state index contributed by atoms with van der Waals surface area (Å²) in [7, 11) is 1.70. The Morgan fingerprint density at radius 3 is 2.67 bits per heavy atom. The number of ether oxygens (including phenoxy) is 1. The molecule has 0 saturated carbocycles. The van der Waals surface area contributed by atoms with Crippen LogP contribution < -0.4 is 10.6 Å². The maximum Gasteiger partial charge on any atom is 0.224 e. The Kier molecular flexibility index (Phi) is 6.22. The van der Waals surface area contributed by atoms with Gasteiger partial charge in [0.05, 0.1) is 6.61 Å². The fraction of sp³-hybridized carbons (Fsp3) is 0.500. The normalized spacial score (nSPS) is 11.9. The minimum Gasteiger partial charge on any atom is -0.383 e. The number of carbonyl (C=O) groups excluding carboxylic acids is 1. The molecule has 1 rings (SSSR count). The van der Waals surface area contributed by atoms with Crippen LogP contribution in [0.4, 0.5) is 11.4 Å². The zero-order valence-corrected chi connectivity index (χ0v) is 11.3. The van der Waals surface area contributed by atoms with E-state index in [0.29, 0.717) is 13.0 Å². The summed E-state index contributed by atoms with van der Waals surface area (Å²) in [5.74, 6) is 0.0242. The molecule has 0 saturated heterocycles. The highest BCUT2D eigenvalue weighted by molar-refractivity contribution is 5.90. The molecule has 0 aromatic heterocycles. The lowest BCUT2D eigenvalue weighted by atomic mass is 10.2. The van der Waals surface area contributed by atoms with Crippen molar-refractivity contribution in [1.29, 1.82) is 0 Å². The van der Waals surface area contributed by atoms with Crippen LogP contribution in [0.5, 0.6) is 0 Å². The second kappa shape index (κ2) is 7.71. The van der Waals surface area contributed by atoms with Gasteiger partial charge in [-0.25, -0.2) is 0 Å². The second-order valence-electron chi connectivity index (χ2n) is 4.19. The molecule has 1 aromatic carbocycles. The highest BCUT2D eigenvalue weighted by atomic mass is 16.5. The standard InChI is InChI=1S/C14H22N2O2/c1-4-11(10-18-3)15-12-7-6-8-13(9-12)16-14(17)5-2/h6-9,11,15H,4-5,10H2,1-3H3,(H,16,17). The Labute approximate surface area is 109 Å². The van der Waals surface area contributed by atoms with Gasteiger partial charge in [0.25, 0.3) is 0 Å². The summed E-state index contributed by atoms with van der Waals surface area (Å²) in [6, 6.07) is 8.02. The molecule has 100 valence electrons. The maximum absolute atomic E-state index is 11.3. The molecule has 0 spiro atoms. The van der Waals surface area contributed by atoms with Crippen LogP contribution >= 0.6 is 0 Å². The Morgan fingerprint density at radius 1 is 1.33 bits per heavy atom. The predicted molar refractivity (Wildman–Crippen MR) is 74.9 cm³/mol. The molecule has 1 atom stereocenters. The van der Waals surface area contributed by atoms with Gasteiger partial charge in [0.15, 0.2) is 0 Å². The van der Waals surface area contributed by atoms with Crippen molar-refractivity contribution in [3.63, 3.8) is 0 Å². The van der Waals surface area contributed by atoms with Gasteiger partial charge in [-0.2, -0.15) is 0 Å². The average Bonchev–Trinajstić information content (AvgIpc) is 2.38. The van der Waals surface area contributed by atoms with Gasteiger partial charge >= 0.3 is 0 Å². The number of methoxy groups -OCH3 is 1. The highest BCUT2D eigenvalue weighted by Gasteiger charge is 2.06. The minimum atomic E-state index is 0.0242. The number of hydrogen-bond donors (Lipinski definition) is 2. The molecule has 4 heteroatoms. The number of nitrogens with one attached hydrogen (secondary N) is 2. The van der Waals surface area contributed by atoms with Crippen LogP contribution in [0.3, 0.4) is 0 Å². The molecule has 0 bridgehead atoms. The quantitative estimate of drug-likeness (QED) is 0.782. The van der Waals surface area contributed by atoms with E-state index in [2.05, 4.69) is 17.6 Å². The molecular formula is C14H22N2O2. The Bertz CT molecular complexity index is 380. The summed E-state index contributed by atoms with van der Waals surface area (Å²) in [5.41, 5.74) is 1.81. The summed E-state index contributed by atoms with van der Waals surface area (Å²) in [6.07, 6.45) is 1.47. The number of hydrogen-bond acceptors (Lipinski definition) is 3. The SMILES string of the molecule is CCC(=O)Nc1cccc(NC(CC)COC)c1. The van der Waals surface area contributed by atoms with E-state index in [-0.39, 0.29) is 11.9 Å². The Balaban J connectivity index is 2.66. The molecule has 1 amide bonds. The molecule has 1 unspecified atom stereocenters. The molecule has 0 fully saturated rings. The smallest absolute Gasteiger partial charge is 0.224 e. The van der Waals surface area contributed by atoms with Gasteiger partial charge in [0.2, 0.25) is 5.91 Å². The van der Waals surface area contributed by atoms with Crippen LogP contribution in [0.15, 0.2) is 24.3 Å². The zero-order valence-electron chi connectivity index (χ0n) is 11.3. The van der Waals surface area contributed by atoms with Crippen molar-refractivity contribution in [2.24, 2.45) is 0 Å². The predicted octanol–water partition coefficient (Wildman–Crippen LogP) is 2.87. The van der Waals surface area contributed by atoms with Gasteiger partial charge in [-0.05, 0) is 24.6 Å². The van der Waals surface area contributed by atoms with Gasteiger partial charge in [-0.3, -0.25) is 4.79 Å². The highest BCUT2D eigenvalue weighted by Crippen LogP contribution is 2.16. The van der Waals surface area contributed by atoms with E-state index in [0.717, 1.165) is 17.8 Å². The number of amides is 1. The van der Waals surface area contributed by atoms with Crippen LogP contribution in [0.1, 0.15) is 26.7 Å². The monoisotopic (exact) mass is 250 g/mol. The first-order chi connectivity index (χ1) is 8.69. The molecule has 0 aliphatic heterocycles. The van der Waals surface area contributed by atoms with E-state index in [1.807, 2.05) is 31.2 Å². The third kappa shape index (κ3) is 4.75. The van der Waals surface area contributed by atoms with Crippen molar-refractivity contribution in [1.82, 2.24) is 0 Å². The van der Waals surface area contributed by atoms with E-state index in [1.165, 1.54) is 0 Å². The lowest BCUT2D eigenvalue weighted by Crippen LogP contribution is -2.23. The van der Waals surface area contributed by atoms with Gasteiger partial charge in [0.1, 0.15) is 0 Å². The van der Waals surface area contributed by atoms with Crippen molar-refractivity contribution >= 4 is 17.3 Å². The molecule has 18 heavy (non-hydrogen) atoms. The molecule has 0 heterocycles. The molecule has 2 N–H and O–H groups in total. The third-order valence-corrected chi connectivity index (χ3v) is 2.70. The third-order valence-electron chi connectivity index (χ3n) is 2.70. The number of anilines is 2. The Hall–Kier alpha value is -1.55. The van der Waals surface area contributed by atoms with Crippen molar-refractivity contribution in [3.8, 4) is 0 Å². The summed E-state index contributed by atoms with van der Waals surface area (Å²) < 4.78 is 5.15. The lowest BCUT2D eigenvalue weighted by Gasteiger charge is -2.17. The van der Waals surface area contributed by atoms with Crippen LogP contribution in [0, 0.1) is 0 Å². The topological polar surface area (TPSA) is 50.4 Å². The largest absolute Gasteiger partial charge is 0.383 e. The second-order valence-corrected chi connectivity index (χ2v) is 4.19. The van der Waals surface area contributed by atoms with Crippen LogP contribution in [-0.4, -0.2) is 25.7 Å². The van der Waals surface area contributed by atoms with Gasteiger partial charge < -0.3 is 15.4 Å². The molecule has 4 nitrogen and oxygen atoms in total. The first kappa shape index (κ1) is 14.5. The van der Waals surface area contributed by atoms with E-state index in [4.69, 9.17) is 4.74 Å².